The van der Waals surface area contributed by atoms with Gasteiger partial charge in [-0.1, -0.05) is 37.3 Å². The molecule has 0 saturated carbocycles. The molecular weight excluding hydrogens is 484 g/mol. The molecule has 1 fully saturated rings. The molecular formula is C31H38N8. The summed E-state index contributed by atoms with van der Waals surface area (Å²) in [5.41, 5.74) is 8.16. The van der Waals surface area contributed by atoms with Gasteiger partial charge in [0.2, 0.25) is 0 Å². The summed E-state index contributed by atoms with van der Waals surface area (Å²) >= 11 is 0. The third-order valence-electron chi connectivity index (χ3n) is 7.43. The number of aromatic nitrogens is 3. The molecule has 0 unspecified atom stereocenters. The van der Waals surface area contributed by atoms with Crippen LogP contribution in [0.25, 0.3) is 11.1 Å². The highest BCUT2D eigenvalue weighted by molar-refractivity contribution is 5.88. The standard InChI is InChI=1S/C31H38N8/c1-4-37-12-6-13-38(16-15-37)21-26-11-14-39-30(26)31(34-22-35-39)36-28-9-10-29(27(18-28)19-32)33-20-24-7-5-8-25(17-24)23(2)3/h5,7-11,14,17-19,22,32-33H,2,4,6,12-13,15-16,20-21H2,1,3H3,(H,34,35,36). The third-order valence-corrected chi connectivity index (χ3v) is 7.43. The minimum Gasteiger partial charge on any atom is -0.380 e. The highest BCUT2D eigenvalue weighted by Crippen LogP contribution is 2.27. The van der Waals surface area contributed by atoms with E-state index in [-0.39, 0.29) is 0 Å². The van der Waals surface area contributed by atoms with Crippen LogP contribution in [0.1, 0.15) is 42.5 Å². The van der Waals surface area contributed by atoms with Gasteiger partial charge in [-0.25, -0.2) is 9.50 Å². The van der Waals surface area contributed by atoms with Crippen molar-refractivity contribution in [1.29, 1.82) is 5.41 Å². The van der Waals surface area contributed by atoms with Crippen molar-refractivity contribution >= 4 is 34.5 Å². The van der Waals surface area contributed by atoms with E-state index < -0.39 is 0 Å². The Bertz CT molecular complexity index is 1460. The van der Waals surface area contributed by atoms with Gasteiger partial charge in [0.05, 0.1) is 0 Å². The highest BCUT2D eigenvalue weighted by atomic mass is 15.3. The fourth-order valence-corrected chi connectivity index (χ4v) is 5.18. The van der Waals surface area contributed by atoms with Crippen LogP contribution >= 0.6 is 0 Å². The lowest BCUT2D eigenvalue weighted by Crippen LogP contribution is -2.30. The largest absolute Gasteiger partial charge is 0.380 e. The summed E-state index contributed by atoms with van der Waals surface area (Å²) in [4.78, 5) is 9.65. The zero-order valence-electron chi connectivity index (χ0n) is 23.0. The van der Waals surface area contributed by atoms with E-state index in [1.165, 1.54) is 30.3 Å². The Balaban J connectivity index is 1.32. The first kappa shape index (κ1) is 26.6. The predicted octanol–water partition coefficient (Wildman–Crippen LogP) is 5.64. The minimum atomic E-state index is 0.668. The number of hydrogen-bond donors (Lipinski definition) is 3. The molecule has 0 spiro atoms. The molecule has 1 aliphatic heterocycles. The average molecular weight is 523 g/mol. The molecule has 1 saturated heterocycles. The smallest absolute Gasteiger partial charge is 0.158 e. The van der Waals surface area contributed by atoms with Gasteiger partial charge in [0.15, 0.2) is 5.82 Å². The van der Waals surface area contributed by atoms with Gasteiger partial charge in [-0.05, 0) is 80.0 Å². The summed E-state index contributed by atoms with van der Waals surface area (Å²) in [7, 11) is 0. The predicted molar refractivity (Wildman–Crippen MR) is 161 cm³/mol. The number of hydrogen-bond acceptors (Lipinski definition) is 7. The molecule has 0 amide bonds. The van der Waals surface area contributed by atoms with Crippen molar-refractivity contribution in [2.45, 2.75) is 33.4 Å². The Morgan fingerprint density at radius 2 is 1.92 bits per heavy atom. The molecule has 0 radical (unpaired) electrons. The SMILES string of the molecule is C=C(C)c1cccc(CNc2ccc(Nc3ncnn4ccc(CN5CCCN(CC)CC5)c34)cc2C=N)c1. The minimum absolute atomic E-state index is 0.668. The molecule has 1 aliphatic rings. The fraction of sp³-hybridized carbons (Fsp3) is 0.323. The summed E-state index contributed by atoms with van der Waals surface area (Å²) in [6.07, 6.45) is 6.16. The lowest BCUT2D eigenvalue weighted by molar-refractivity contribution is 0.258. The Kier molecular flexibility index (Phi) is 8.34. The maximum Gasteiger partial charge on any atom is 0.158 e. The van der Waals surface area contributed by atoms with Crippen LogP contribution in [0.5, 0.6) is 0 Å². The van der Waals surface area contributed by atoms with Crippen molar-refractivity contribution in [2.24, 2.45) is 0 Å². The van der Waals surface area contributed by atoms with Gasteiger partial charge in [-0.15, -0.1) is 0 Å². The molecule has 2 aromatic carbocycles. The van der Waals surface area contributed by atoms with Crippen LogP contribution in [-0.2, 0) is 13.1 Å². The average Bonchev–Trinajstić information content (AvgIpc) is 3.23. The number of rotatable bonds is 10. The van der Waals surface area contributed by atoms with Crippen LogP contribution in [0.3, 0.4) is 0 Å². The highest BCUT2D eigenvalue weighted by Gasteiger charge is 2.17. The number of nitrogens with one attached hydrogen (secondary N) is 3. The second kappa shape index (κ2) is 12.2. The first-order valence-electron chi connectivity index (χ1n) is 13.7. The zero-order chi connectivity index (χ0) is 27.2. The Morgan fingerprint density at radius 3 is 2.74 bits per heavy atom. The van der Waals surface area contributed by atoms with Gasteiger partial charge in [0.1, 0.15) is 11.8 Å². The van der Waals surface area contributed by atoms with Crippen molar-refractivity contribution in [1.82, 2.24) is 24.4 Å². The topological polar surface area (TPSA) is 84.6 Å². The lowest BCUT2D eigenvalue weighted by Gasteiger charge is -2.21. The molecule has 0 bridgehead atoms. The van der Waals surface area contributed by atoms with Gasteiger partial charge < -0.3 is 20.9 Å². The number of benzene rings is 2. The van der Waals surface area contributed by atoms with Gasteiger partial charge >= 0.3 is 0 Å². The molecule has 3 heterocycles. The molecule has 0 atom stereocenters. The van der Waals surface area contributed by atoms with E-state index in [0.29, 0.717) is 6.54 Å². The normalized spacial score (nSPS) is 14.7. The van der Waals surface area contributed by atoms with Crippen LogP contribution in [0.15, 0.2) is 67.6 Å². The quantitative estimate of drug-likeness (QED) is 0.234. The van der Waals surface area contributed by atoms with Crippen LogP contribution in [-0.4, -0.2) is 63.3 Å². The van der Waals surface area contributed by atoms with Crippen LogP contribution < -0.4 is 10.6 Å². The molecule has 2 aromatic heterocycles. The van der Waals surface area contributed by atoms with Crippen molar-refractivity contribution in [3.63, 3.8) is 0 Å². The first-order chi connectivity index (χ1) is 19.0. The number of allylic oxidation sites excluding steroid dienone is 1. The van der Waals surface area contributed by atoms with Crippen LogP contribution in [0.2, 0.25) is 0 Å². The van der Waals surface area contributed by atoms with E-state index in [0.717, 1.165) is 72.1 Å². The van der Waals surface area contributed by atoms with Crippen molar-refractivity contribution < 1.29 is 0 Å². The second-order valence-corrected chi connectivity index (χ2v) is 10.2. The summed E-state index contributed by atoms with van der Waals surface area (Å²) < 4.78 is 1.90. The van der Waals surface area contributed by atoms with E-state index >= 15 is 0 Å². The van der Waals surface area contributed by atoms with E-state index in [1.54, 1.807) is 6.33 Å². The monoisotopic (exact) mass is 522 g/mol. The Hall–Kier alpha value is -4.01. The summed E-state index contributed by atoms with van der Waals surface area (Å²) in [6.45, 7) is 15.4. The maximum atomic E-state index is 8.02. The van der Waals surface area contributed by atoms with Gasteiger partial charge in [0.25, 0.3) is 0 Å². The van der Waals surface area contributed by atoms with Crippen LogP contribution in [0.4, 0.5) is 17.2 Å². The summed E-state index contributed by atoms with van der Waals surface area (Å²) in [5, 5.41) is 19.4. The summed E-state index contributed by atoms with van der Waals surface area (Å²) in [5.74, 6) is 0.767. The molecule has 39 heavy (non-hydrogen) atoms. The van der Waals surface area contributed by atoms with E-state index in [1.807, 2.05) is 35.8 Å². The van der Waals surface area contributed by atoms with Crippen molar-refractivity contribution in [2.75, 3.05) is 43.4 Å². The molecule has 8 heteroatoms. The van der Waals surface area contributed by atoms with Gasteiger partial charge in [-0.3, -0.25) is 4.90 Å². The second-order valence-electron chi connectivity index (χ2n) is 10.2. The van der Waals surface area contributed by atoms with E-state index in [9.17, 15) is 0 Å². The van der Waals surface area contributed by atoms with Gasteiger partial charge in [0, 0.05) is 55.5 Å². The first-order valence-corrected chi connectivity index (χ1v) is 13.7. The zero-order valence-corrected chi connectivity index (χ0v) is 23.0. The molecule has 8 nitrogen and oxygen atoms in total. The number of nitrogens with zero attached hydrogens (tertiary/aromatic N) is 5. The van der Waals surface area contributed by atoms with Crippen molar-refractivity contribution in [3.8, 4) is 0 Å². The molecule has 5 rings (SSSR count). The van der Waals surface area contributed by atoms with Gasteiger partial charge in [-0.2, -0.15) is 5.10 Å². The summed E-state index contributed by atoms with van der Waals surface area (Å²) in [6, 6.07) is 16.5. The molecule has 4 aromatic rings. The van der Waals surface area contributed by atoms with E-state index in [4.69, 9.17) is 5.41 Å². The number of anilines is 3. The van der Waals surface area contributed by atoms with E-state index in [2.05, 4.69) is 74.4 Å². The van der Waals surface area contributed by atoms with Crippen molar-refractivity contribution in [3.05, 3.63) is 89.9 Å². The Morgan fingerprint density at radius 1 is 1.08 bits per heavy atom. The maximum absolute atomic E-state index is 8.02. The number of likely N-dealkylation sites (N-methyl/N-ethyl adjacent to an activating group) is 1. The Labute approximate surface area is 230 Å². The lowest BCUT2D eigenvalue weighted by atomic mass is 10.1. The fourth-order valence-electron chi connectivity index (χ4n) is 5.18. The van der Waals surface area contributed by atoms with Crippen LogP contribution in [0, 0.1) is 5.41 Å². The number of fused-ring (bicyclic) bond motifs is 1. The molecule has 202 valence electrons. The third kappa shape index (κ3) is 6.35. The molecule has 3 N–H and O–H groups in total. The molecule has 0 aliphatic carbocycles.